The first-order valence-corrected chi connectivity index (χ1v) is 7.62. The van der Waals surface area contributed by atoms with Gasteiger partial charge in [0.15, 0.2) is 0 Å². The summed E-state index contributed by atoms with van der Waals surface area (Å²) in [6.07, 6.45) is 3.89. The molecule has 1 fully saturated rings. The topological polar surface area (TPSA) is 50.8 Å². The van der Waals surface area contributed by atoms with Crippen LogP contribution in [0.3, 0.4) is 0 Å². The second kappa shape index (κ2) is 6.10. The Balaban J connectivity index is 1.92. The van der Waals surface area contributed by atoms with Crippen LogP contribution in [0.1, 0.15) is 24.0 Å². The number of hydrogen-bond acceptors (Lipinski definition) is 4. The molecule has 0 N–H and O–H groups in total. The van der Waals surface area contributed by atoms with E-state index in [9.17, 15) is 5.26 Å². The summed E-state index contributed by atoms with van der Waals surface area (Å²) in [4.78, 5) is 2.38. The van der Waals surface area contributed by atoms with Crippen molar-refractivity contribution in [2.75, 3.05) is 19.3 Å². The van der Waals surface area contributed by atoms with Gasteiger partial charge in [-0.15, -0.1) is 11.8 Å². The minimum absolute atomic E-state index is 0.179. The van der Waals surface area contributed by atoms with Gasteiger partial charge in [0.25, 0.3) is 0 Å². The molecule has 3 nitrogen and oxygen atoms in total. The second-order valence-corrected chi connectivity index (χ2v) is 6.08. The van der Waals surface area contributed by atoms with Crippen molar-refractivity contribution < 1.29 is 0 Å². The molecule has 1 aliphatic heterocycles. The lowest BCUT2D eigenvalue weighted by molar-refractivity contribution is 0.209. The Labute approximate surface area is 118 Å². The van der Waals surface area contributed by atoms with Crippen LogP contribution in [-0.2, 0) is 6.54 Å². The Morgan fingerprint density at radius 1 is 1.21 bits per heavy atom. The molecule has 19 heavy (non-hydrogen) atoms. The van der Waals surface area contributed by atoms with Crippen LogP contribution in [-0.4, -0.2) is 29.0 Å². The molecule has 0 unspecified atom stereocenters. The number of thioether (sulfide) groups is 1. The van der Waals surface area contributed by atoms with Gasteiger partial charge in [0.2, 0.25) is 0 Å². The van der Waals surface area contributed by atoms with Gasteiger partial charge in [0.05, 0.1) is 17.7 Å². The van der Waals surface area contributed by atoms with Crippen LogP contribution in [0.4, 0.5) is 0 Å². The van der Waals surface area contributed by atoms with Gasteiger partial charge >= 0.3 is 0 Å². The quantitative estimate of drug-likeness (QED) is 0.848. The highest BCUT2D eigenvalue weighted by atomic mass is 32.2. The van der Waals surface area contributed by atoms with Gasteiger partial charge in [-0.25, -0.2) is 0 Å². The molecule has 0 bridgehead atoms. The van der Waals surface area contributed by atoms with Crippen LogP contribution in [0, 0.1) is 22.7 Å². The molecule has 0 atom stereocenters. The third-order valence-corrected chi connectivity index (χ3v) is 5.03. The van der Waals surface area contributed by atoms with Gasteiger partial charge in [-0.05, 0) is 36.8 Å². The fourth-order valence-corrected chi connectivity index (χ4v) is 3.06. The SMILES string of the molecule is CSC1(C#N)CCN(Cc2ccc(C#N)cc2)CC1. The molecular formula is C15H17N3S. The third kappa shape index (κ3) is 3.29. The molecule has 2 rings (SSSR count). The Bertz CT molecular complexity index is 502. The molecule has 98 valence electrons. The summed E-state index contributed by atoms with van der Waals surface area (Å²) in [6.45, 7) is 2.84. The van der Waals surface area contributed by atoms with Gasteiger partial charge < -0.3 is 0 Å². The minimum atomic E-state index is -0.179. The molecule has 0 radical (unpaired) electrons. The monoisotopic (exact) mass is 271 g/mol. The Morgan fingerprint density at radius 3 is 2.32 bits per heavy atom. The van der Waals surface area contributed by atoms with E-state index in [2.05, 4.69) is 17.0 Å². The zero-order valence-corrected chi connectivity index (χ0v) is 11.9. The van der Waals surface area contributed by atoms with E-state index in [-0.39, 0.29) is 4.75 Å². The first-order chi connectivity index (χ1) is 9.21. The van der Waals surface area contributed by atoms with Crippen molar-refractivity contribution >= 4 is 11.8 Å². The lowest BCUT2D eigenvalue weighted by Gasteiger charge is -2.36. The Hall–Kier alpha value is -1.49. The third-order valence-electron chi connectivity index (χ3n) is 3.75. The van der Waals surface area contributed by atoms with Gasteiger partial charge in [0, 0.05) is 19.6 Å². The molecule has 0 aromatic heterocycles. The van der Waals surface area contributed by atoms with Gasteiger partial charge in [-0.1, -0.05) is 12.1 Å². The predicted octanol–water partition coefficient (Wildman–Crippen LogP) is 2.78. The molecule has 4 heteroatoms. The van der Waals surface area contributed by atoms with Crippen molar-refractivity contribution in [2.45, 2.75) is 24.1 Å². The summed E-state index contributed by atoms with van der Waals surface area (Å²) in [6, 6.07) is 12.3. The molecule has 1 aromatic rings. The maximum Gasteiger partial charge on any atom is 0.104 e. The first kappa shape index (κ1) is 13.9. The summed E-state index contributed by atoms with van der Waals surface area (Å²) >= 11 is 1.68. The summed E-state index contributed by atoms with van der Waals surface area (Å²) in [5.74, 6) is 0. The lowest BCUT2D eigenvalue weighted by atomic mass is 9.97. The number of hydrogen-bond donors (Lipinski definition) is 0. The zero-order chi connectivity index (χ0) is 13.7. The largest absolute Gasteiger partial charge is 0.299 e. The van der Waals surface area contributed by atoms with Crippen LogP contribution >= 0.6 is 11.8 Å². The van der Waals surface area contributed by atoms with Gasteiger partial charge in [-0.2, -0.15) is 10.5 Å². The summed E-state index contributed by atoms with van der Waals surface area (Å²) in [5, 5.41) is 18.0. The fourth-order valence-electron chi connectivity index (χ4n) is 2.38. The summed E-state index contributed by atoms with van der Waals surface area (Å²) in [7, 11) is 0. The van der Waals surface area contributed by atoms with Crippen molar-refractivity contribution in [1.82, 2.24) is 4.90 Å². The highest BCUT2D eigenvalue weighted by Gasteiger charge is 2.33. The molecular weight excluding hydrogens is 254 g/mol. The van der Waals surface area contributed by atoms with Crippen molar-refractivity contribution in [3.05, 3.63) is 35.4 Å². The molecule has 1 aromatic carbocycles. The number of piperidine rings is 1. The molecule has 0 saturated carbocycles. The van der Waals surface area contributed by atoms with Crippen molar-refractivity contribution in [3.63, 3.8) is 0 Å². The van der Waals surface area contributed by atoms with Crippen molar-refractivity contribution in [1.29, 1.82) is 10.5 Å². The maximum atomic E-state index is 9.26. The van der Waals surface area contributed by atoms with Crippen LogP contribution in [0.5, 0.6) is 0 Å². The Morgan fingerprint density at radius 2 is 1.84 bits per heavy atom. The Kier molecular flexibility index (Phi) is 4.47. The van der Waals surface area contributed by atoms with Crippen LogP contribution < -0.4 is 0 Å². The molecule has 0 amide bonds. The number of benzene rings is 1. The highest BCUT2D eigenvalue weighted by molar-refractivity contribution is 8.00. The number of nitrogens with zero attached hydrogens (tertiary/aromatic N) is 3. The molecule has 0 aliphatic carbocycles. The fraction of sp³-hybridized carbons (Fsp3) is 0.467. The second-order valence-electron chi connectivity index (χ2n) is 4.90. The van der Waals surface area contributed by atoms with E-state index in [0.29, 0.717) is 5.56 Å². The molecule has 1 aliphatic rings. The average molecular weight is 271 g/mol. The maximum absolute atomic E-state index is 9.26. The van der Waals surface area contributed by atoms with Crippen LogP contribution in [0.15, 0.2) is 24.3 Å². The number of nitriles is 2. The van der Waals surface area contributed by atoms with E-state index in [1.165, 1.54) is 5.56 Å². The van der Waals surface area contributed by atoms with E-state index in [4.69, 9.17) is 5.26 Å². The number of likely N-dealkylation sites (tertiary alicyclic amines) is 1. The lowest BCUT2D eigenvalue weighted by Crippen LogP contribution is -2.41. The average Bonchev–Trinajstić information content (AvgIpc) is 2.49. The van der Waals surface area contributed by atoms with Crippen LogP contribution in [0.25, 0.3) is 0 Å². The van der Waals surface area contributed by atoms with Gasteiger partial charge in [-0.3, -0.25) is 4.90 Å². The smallest absolute Gasteiger partial charge is 0.104 e. The predicted molar refractivity (Wildman–Crippen MR) is 77.5 cm³/mol. The molecule has 1 saturated heterocycles. The van der Waals surface area contributed by atoms with Gasteiger partial charge in [0.1, 0.15) is 4.75 Å². The van der Waals surface area contributed by atoms with E-state index >= 15 is 0 Å². The highest BCUT2D eigenvalue weighted by Crippen LogP contribution is 2.34. The first-order valence-electron chi connectivity index (χ1n) is 6.39. The molecule has 1 heterocycles. The van der Waals surface area contributed by atoms with E-state index in [1.807, 2.05) is 30.5 Å². The minimum Gasteiger partial charge on any atom is -0.299 e. The number of rotatable bonds is 3. The zero-order valence-electron chi connectivity index (χ0n) is 11.1. The molecule has 0 spiro atoms. The summed E-state index contributed by atoms with van der Waals surface area (Å²) < 4.78 is -0.179. The van der Waals surface area contributed by atoms with Crippen molar-refractivity contribution in [2.24, 2.45) is 0 Å². The summed E-state index contributed by atoms with van der Waals surface area (Å²) in [5.41, 5.74) is 1.93. The standard InChI is InChI=1S/C15H17N3S/c1-19-15(12-17)6-8-18(9-7-15)11-14-4-2-13(10-16)3-5-14/h2-5H,6-9,11H2,1H3. The van der Waals surface area contributed by atoms with Crippen molar-refractivity contribution in [3.8, 4) is 12.1 Å². The normalized spacial score (nSPS) is 18.5. The van der Waals surface area contributed by atoms with Crippen LogP contribution in [0.2, 0.25) is 0 Å². The van der Waals surface area contributed by atoms with E-state index < -0.39 is 0 Å². The van der Waals surface area contributed by atoms with E-state index in [0.717, 1.165) is 32.5 Å². The van der Waals surface area contributed by atoms with E-state index in [1.54, 1.807) is 11.8 Å².